The normalized spacial score (nSPS) is 11.5. The molecule has 1 N–H and O–H groups in total. The Labute approximate surface area is 123 Å². The summed E-state index contributed by atoms with van der Waals surface area (Å²) >= 11 is 11.8. The first kappa shape index (κ1) is 11.8. The smallest absolute Gasteiger partial charge is 0.179 e. The van der Waals surface area contributed by atoms with Crippen molar-refractivity contribution in [1.82, 2.24) is 15.0 Å². The molecule has 3 heterocycles. The van der Waals surface area contributed by atoms with E-state index in [4.69, 9.17) is 27.6 Å². The lowest BCUT2D eigenvalue weighted by Gasteiger charge is -1.92. The van der Waals surface area contributed by atoms with E-state index in [0.717, 1.165) is 16.5 Å². The zero-order valence-electron chi connectivity index (χ0n) is 10.0. The van der Waals surface area contributed by atoms with Crippen molar-refractivity contribution in [2.45, 2.75) is 0 Å². The number of fused-ring (bicyclic) bond motifs is 2. The van der Waals surface area contributed by atoms with E-state index in [1.807, 2.05) is 30.3 Å². The van der Waals surface area contributed by atoms with Gasteiger partial charge in [-0.1, -0.05) is 41.4 Å². The molecule has 0 aliphatic heterocycles. The molecule has 0 unspecified atom stereocenters. The second-order valence-electron chi connectivity index (χ2n) is 4.37. The molecule has 20 heavy (non-hydrogen) atoms. The lowest BCUT2D eigenvalue weighted by molar-refractivity contribution is 0.626. The van der Waals surface area contributed by atoms with Crippen LogP contribution >= 0.6 is 23.2 Å². The molecule has 4 rings (SSSR count). The van der Waals surface area contributed by atoms with Gasteiger partial charge in [0.15, 0.2) is 17.2 Å². The highest BCUT2D eigenvalue weighted by molar-refractivity contribution is 6.41. The van der Waals surface area contributed by atoms with Gasteiger partial charge in [-0.15, -0.1) is 0 Å². The molecule has 0 aliphatic rings. The van der Waals surface area contributed by atoms with Gasteiger partial charge in [0.2, 0.25) is 0 Å². The van der Waals surface area contributed by atoms with Gasteiger partial charge in [-0.2, -0.15) is 0 Å². The zero-order valence-corrected chi connectivity index (χ0v) is 11.5. The molecule has 1 aromatic carbocycles. The number of benzene rings is 1. The van der Waals surface area contributed by atoms with Gasteiger partial charge in [-0.3, -0.25) is 0 Å². The number of furan rings is 1. The Hall–Kier alpha value is -2.04. The van der Waals surface area contributed by atoms with Gasteiger partial charge in [-0.25, -0.2) is 9.97 Å². The number of rotatable bonds is 1. The molecule has 0 bridgehead atoms. The van der Waals surface area contributed by atoms with Crippen molar-refractivity contribution in [1.29, 1.82) is 0 Å². The Morgan fingerprint density at radius 1 is 1.05 bits per heavy atom. The topological polar surface area (TPSA) is 54.7 Å². The molecule has 0 amide bonds. The first-order valence-corrected chi connectivity index (χ1v) is 6.67. The number of nitrogens with zero attached hydrogens (tertiary/aromatic N) is 2. The number of imidazole rings is 1. The van der Waals surface area contributed by atoms with Crippen LogP contribution < -0.4 is 0 Å². The molecule has 4 aromatic rings. The third-order valence-electron chi connectivity index (χ3n) is 3.04. The number of para-hydroxylation sites is 1. The Morgan fingerprint density at radius 3 is 2.75 bits per heavy atom. The average molecular weight is 304 g/mol. The number of pyridine rings is 1. The number of aromatic nitrogens is 3. The molecule has 0 fully saturated rings. The third-order valence-corrected chi connectivity index (χ3v) is 3.72. The van der Waals surface area contributed by atoms with E-state index in [9.17, 15) is 0 Å². The fourth-order valence-electron chi connectivity index (χ4n) is 2.11. The maximum atomic E-state index is 5.94. The molecular weight excluding hydrogens is 297 g/mol. The van der Waals surface area contributed by atoms with Crippen LogP contribution in [0.3, 0.4) is 0 Å². The van der Waals surface area contributed by atoms with E-state index in [0.29, 0.717) is 22.3 Å². The van der Waals surface area contributed by atoms with Crippen molar-refractivity contribution in [2.24, 2.45) is 0 Å². The number of hydrogen-bond acceptors (Lipinski definition) is 3. The van der Waals surface area contributed by atoms with Crippen LogP contribution in [0.2, 0.25) is 10.2 Å². The van der Waals surface area contributed by atoms with Gasteiger partial charge in [0.05, 0.1) is 10.5 Å². The molecule has 3 aromatic heterocycles. The zero-order chi connectivity index (χ0) is 13.7. The predicted molar refractivity (Wildman–Crippen MR) is 79.1 cm³/mol. The first-order chi connectivity index (χ1) is 9.70. The van der Waals surface area contributed by atoms with Gasteiger partial charge in [0.1, 0.15) is 10.7 Å². The van der Waals surface area contributed by atoms with E-state index in [1.165, 1.54) is 0 Å². The van der Waals surface area contributed by atoms with Crippen molar-refractivity contribution < 1.29 is 4.42 Å². The number of aromatic amines is 1. The molecular formula is C14H7Cl2N3O. The monoisotopic (exact) mass is 303 g/mol. The lowest BCUT2D eigenvalue weighted by Crippen LogP contribution is -1.79. The predicted octanol–water partition coefficient (Wildman–Crippen LogP) is 4.68. The van der Waals surface area contributed by atoms with Gasteiger partial charge < -0.3 is 9.40 Å². The summed E-state index contributed by atoms with van der Waals surface area (Å²) in [6.07, 6.45) is 0. The highest BCUT2D eigenvalue weighted by atomic mass is 35.5. The maximum Gasteiger partial charge on any atom is 0.179 e. The number of halogens is 2. The summed E-state index contributed by atoms with van der Waals surface area (Å²) in [6.45, 7) is 0. The highest BCUT2D eigenvalue weighted by Crippen LogP contribution is 2.29. The third kappa shape index (κ3) is 1.77. The largest absolute Gasteiger partial charge is 0.453 e. The molecule has 0 saturated carbocycles. The van der Waals surface area contributed by atoms with Crippen LogP contribution in [0.4, 0.5) is 0 Å². The molecule has 0 spiro atoms. The summed E-state index contributed by atoms with van der Waals surface area (Å²) in [5, 5.41) is 1.65. The highest BCUT2D eigenvalue weighted by Gasteiger charge is 2.13. The Morgan fingerprint density at radius 2 is 1.90 bits per heavy atom. The van der Waals surface area contributed by atoms with Crippen LogP contribution in [0, 0.1) is 0 Å². The lowest BCUT2D eigenvalue weighted by atomic mass is 10.2. The standard InChI is InChI=1S/C14H7Cl2N3O/c15-8-6-9-13(18-12(8)16)19-14(17-9)11-5-7-3-1-2-4-10(7)20-11/h1-6H,(H,17,18,19). The molecule has 0 aliphatic carbocycles. The minimum atomic E-state index is 0.238. The molecule has 0 saturated heterocycles. The number of H-pyrrole nitrogens is 1. The first-order valence-electron chi connectivity index (χ1n) is 5.91. The van der Waals surface area contributed by atoms with E-state index < -0.39 is 0 Å². The SMILES string of the molecule is Clc1cc2[nH]c(-c3cc4ccccc4o3)nc2nc1Cl. The van der Waals surface area contributed by atoms with Crippen LogP contribution in [0.25, 0.3) is 33.7 Å². The van der Waals surface area contributed by atoms with Crippen molar-refractivity contribution in [3.8, 4) is 11.6 Å². The van der Waals surface area contributed by atoms with Crippen molar-refractivity contribution in [3.05, 3.63) is 46.6 Å². The van der Waals surface area contributed by atoms with Crippen LogP contribution in [0.5, 0.6) is 0 Å². The van der Waals surface area contributed by atoms with Crippen molar-refractivity contribution in [3.63, 3.8) is 0 Å². The second-order valence-corrected chi connectivity index (χ2v) is 5.13. The van der Waals surface area contributed by atoms with E-state index in [-0.39, 0.29) is 5.15 Å². The Kier molecular flexibility index (Phi) is 2.49. The molecule has 0 radical (unpaired) electrons. The number of hydrogen-bond donors (Lipinski definition) is 1. The van der Waals surface area contributed by atoms with Crippen LogP contribution in [-0.4, -0.2) is 15.0 Å². The van der Waals surface area contributed by atoms with E-state index >= 15 is 0 Å². The molecule has 98 valence electrons. The molecule has 6 heteroatoms. The summed E-state index contributed by atoms with van der Waals surface area (Å²) in [5.74, 6) is 1.25. The van der Waals surface area contributed by atoms with Gasteiger partial charge in [0.25, 0.3) is 0 Å². The average Bonchev–Trinajstić information content (AvgIpc) is 3.02. The summed E-state index contributed by atoms with van der Waals surface area (Å²) < 4.78 is 5.76. The van der Waals surface area contributed by atoms with E-state index in [2.05, 4.69) is 15.0 Å². The Balaban J connectivity index is 1.93. The second kappa shape index (κ2) is 4.23. The minimum absolute atomic E-state index is 0.238. The van der Waals surface area contributed by atoms with Crippen molar-refractivity contribution in [2.75, 3.05) is 0 Å². The quantitative estimate of drug-likeness (QED) is 0.519. The maximum absolute atomic E-state index is 5.94. The Bertz CT molecular complexity index is 870. The fraction of sp³-hybridized carbons (Fsp3) is 0. The van der Waals surface area contributed by atoms with Gasteiger partial charge in [-0.05, 0) is 18.2 Å². The summed E-state index contributed by atoms with van der Waals surface area (Å²) in [7, 11) is 0. The van der Waals surface area contributed by atoms with Gasteiger partial charge in [0, 0.05) is 5.39 Å². The van der Waals surface area contributed by atoms with Crippen molar-refractivity contribution >= 4 is 45.3 Å². The number of nitrogens with one attached hydrogen (secondary N) is 1. The molecule has 4 nitrogen and oxygen atoms in total. The summed E-state index contributed by atoms with van der Waals surface area (Å²) in [5.41, 5.74) is 2.04. The van der Waals surface area contributed by atoms with Crippen LogP contribution in [-0.2, 0) is 0 Å². The van der Waals surface area contributed by atoms with Crippen LogP contribution in [0.15, 0.2) is 40.8 Å². The minimum Gasteiger partial charge on any atom is -0.453 e. The summed E-state index contributed by atoms with van der Waals surface area (Å²) in [4.78, 5) is 11.6. The summed E-state index contributed by atoms with van der Waals surface area (Å²) in [6, 6.07) is 11.4. The van der Waals surface area contributed by atoms with Gasteiger partial charge >= 0.3 is 0 Å². The molecule has 0 atom stereocenters. The fourth-order valence-corrected chi connectivity index (χ4v) is 2.40. The van der Waals surface area contributed by atoms with Crippen LogP contribution in [0.1, 0.15) is 0 Å². The van der Waals surface area contributed by atoms with E-state index in [1.54, 1.807) is 6.07 Å².